The lowest BCUT2D eigenvalue weighted by atomic mass is 10.2. The van der Waals surface area contributed by atoms with Crippen molar-refractivity contribution in [3.63, 3.8) is 0 Å². The number of hydrogen-bond donors (Lipinski definition) is 3. The number of anilines is 1. The molecule has 0 saturated carbocycles. The van der Waals surface area contributed by atoms with Gasteiger partial charge in [0.05, 0.1) is 29.8 Å². The van der Waals surface area contributed by atoms with Crippen LogP contribution >= 0.6 is 0 Å². The van der Waals surface area contributed by atoms with Gasteiger partial charge in [-0.3, -0.25) is 0 Å². The first-order valence-corrected chi connectivity index (χ1v) is 10.3. The Hall–Kier alpha value is -1.84. The van der Waals surface area contributed by atoms with Crippen molar-refractivity contribution in [3.8, 4) is 5.75 Å². The number of aliphatic hydroxyl groups excluding tert-OH is 1. The summed E-state index contributed by atoms with van der Waals surface area (Å²) >= 11 is 0. The maximum absolute atomic E-state index is 12.8. The average Bonchev–Trinajstić information content (AvgIpc) is 2.63. The van der Waals surface area contributed by atoms with E-state index in [9.17, 15) is 13.2 Å². The third-order valence-electron chi connectivity index (χ3n) is 4.10. The Labute approximate surface area is 154 Å². The molecule has 2 amide bonds. The van der Waals surface area contributed by atoms with E-state index in [0.717, 1.165) is 19.3 Å². The minimum absolute atomic E-state index is 0.119. The van der Waals surface area contributed by atoms with Gasteiger partial charge in [-0.25, -0.2) is 13.2 Å². The van der Waals surface area contributed by atoms with Crippen molar-refractivity contribution in [2.75, 3.05) is 31.6 Å². The maximum atomic E-state index is 12.8. The Morgan fingerprint density at radius 3 is 2.62 bits per heavy atom. The van der Waals surface area contributed by atoms with Crippen molar-refractivity contribution >= 4 is 21.7 Å². The minimum atomic E-state index is -3.61. The van der Waals surface area contributed by atoms with Gasteiger partial charge in [0.25, 0.3) is 0 Å². The van der Waals surface area contributed by atoms with Gasteiger partial charge in [-0.2, -0.15) is 4.31 Å². The molecule has 0 aromatic heterocycles. The van der Waals surface area contributed by atoms with Crippen molar-refractivity contribution < 1.29 is 23.1 Å². The second-order valence-electron chi connectivity index (χ2n) is 6.24. The number of urea groups is 1. The van der Waals surface area contributed by atoms with E-state index in [2.05, 4.69) is 10.6 Å². The van der Waals surface area contributed by atoms with E-state index in [0.29, 0.717) is 25.4 Å². The van der Waals surface area contributed by atoms with Crippen LogP contribution in [-0.4, -0.2) is 56.2 Å². The molecule has 146 valence electrons. The fourth-order valence-corrected chi connectivity index (χ4v) is 4.27. The number of nitrogens with zero attached hydrogens (tertiary/aromatic N) is 1. The van der Waals surface area contributed by atoms with Gasteiger partial charge in [-0.05, 0) is 44.9 Å². The second-order valence-corrected chi connectivity index (χ2v) is 8.18. The number of sulfonamides is 1. The molecule has 1 aromatic carbocycles. The fourth-order valence-electron chi connectivity index (χ4n) is 2.73. The molecule has 0 radical (unpaired) electrons. The van der Waals surface area contributed by atoms with Crippen LogP contribution in [0.15, 0.2) is 23.1 Å². The monoisotopic (exact) mass is 385 g/mol. The highest BCUT2D eigenvalue weighted by molar-refractivity contribution is 7.89. The number of rotatable bonds is 7. The number of nitrogens with one attached hydrogen (secondary N) is 2. The van der Waals surface area contributed by atoms with Gasteiger partial charge >= 0.3 is 6.03 Å². The summed E-state index contributed by atoms with van der Waals surface area (Å²) in [6.45, 7) is 4.65. The van der Waals surface area contributed by atoms with Gasteiger partial charge in [-0.15, -0.1) is 0 Å². The zero-order valence-corrected chi connectivity index (χ0v) is 16.0. The number of amides is 2. The molecule has 1 aliphatic rings. The smallest absolute Gasteiger partial charge is 0.319 e. The highest BCUT2D eigenvalue weighted by Crippen LogP contribution is 2.30. The fraction of sp³-hybridized carbons (Fsp3) is 0.588. The van der Waals surface area contributed by atoms with Crippen molar-refractivity contribution in [2.45, 2.75) is 44.0 Å². The summed E-state index contributed by atoms with van der Waals surface area (Å²) in [6.07, 6.45) is 2.73. The Bertz CT molecular complexity index is 717. The Morgan fingerprint density at radius 1 is 1.31 bits per heavy atom. The number of aliphatic hydroxyl groups is 1. The van der Waals surface area contributed by atoms with Gasteiger partial charge in [0, 0.05) is 13.1 Å². The Kier molecular flexibility index (Phi) is 7.24. The Morgan fingerprint density at radius 2 is 2.00 bits per heavy atom. The topological polar surface area (TPSA) is 108 Å². The lowest BCUT2D eigenvalue weighted by Gasteiger charge is -2.26. The van der Waals surface area contributed by atoms with E-state index in [1.54, 1.807) is 19.9 Å². The average molecular weight is 385 g/mol. The number of carbonyl (C=O) groups is 1. The number of carbonyl (C=O) groups excluding carboxylic acids is 1. The molecule has 0 spiro atoms. The van der Waals surface area contributed by atoms with Crippen LogP contribution in [0, 0.1) is 0 Å². The van der Waals surface area contributed by atoms with E-state index >= 15 is 0 Å². The minimum Gasteiger partial charge on any atom is -0.492 e. The Balaban J connectivity index is 2.27. The molecule has 1 fully saturated rings. The second kappa shape index (κ2) is 9.20. The van der Waals surface area contributed by atoms with Crippen molar-refractivity contribution in [3.05, 3.63) is 18.2 Å². The van der Waals surface area contributed by atoms with Crippen LogP contribution in [0.3, 0.4) is 0 Å². The summed E-state index contributed by atoms with van der Waals surface area (Å²) in [6, 6.07) is 3.49. The number of ether oxygens (including phenoxy) is 1. The van der Waals surface area contributed by atoms with Crippen LogP contribution in [0.4, 0.5) is 10.5 Å². The van der Waals surface area contributed by atoms with Crippen LogP contribution in [0.5, 0.6) is 5.75 Å². The molecular formula is C17H27N3O5S. The van der Waals surface area contributed by atoms with Gasteiger partial charge in [0.1, 0.15) is 5.75 Å². The first-order valence-electron chi connectivity index (χ1n) is 8.84. The van der Waals surface area contributed by atoms with E-state index in [-0.39, 0.29) is 17.2 Å². The van der Waals surface area contributed by atoms with Crippen LogP contribution in [0.2, 0.25) is 0 Å². The van der Waals surface area contributed by atoms with Crippen molar-refractivity contribution in [1.82, 2.24) is 9.62 Å². The van der Waals surface area contributed by atoms with Crippen molar-refractivity contribution in [1.29, 1.82) is 0 Å². The first kappa shape index (κ1) is 20.5. The molecule has 1 atom stereocenters. The quantitative estimate of drug-likeness (QED) is 0.663. The molecule has 1 heterocycles. The van der Waals surface area contributed by atoms with E-state index < -0.39 is 22.1 Å². The maximum Gasteiger partial charge on any atom is 0.319 e. The van der Waals surface area contributed by atoms with E-state index in [1.165, 1.54) is 16.4 Å². The van der Waals surface area contributed by atoms with Crippen molar-refractivity contribution in [2.24, 2.45) is 0 Å². The SMILES string of the molecule is CCOc1ccc(S(=O)(=O)N2CCCCC2)cc1NC(=O)N[C@@H](C)CO. The van der Waals surface area contributed by atoms with E-state index in [1.807, 2.05) is 0 Å². The highest BCUT2D eigenvalue weighted by atomic mass is 32.2. The molecule has 2 rings (SSSR count). The molecule has 0 bridgehead atoms. The van der Waals surface area contributed by atoms with Gasteiger partial charge in [0.2, 0.25) is 10.0 Å². The molecule has 1 aromatic rings. The normalized spacial score (nSPS) is 16.7. The molecular weight excluding hydrogens is 358 g/mol. The largest absolute Gasteiger partial charge is 0.492 e. The molecule has 1 saturated heterocycles. The third-order valence-corrected chi connectivity index (χ3v) is 6.00. The predicted octanol–water partition coefficient (Wildman–Crippen LogP) is 1.76. The standard InChI is InChI=1S/C17H27N3O5S/c1-3-25-16-8-7-14(26(23,24)20-9-5-4-6-10-20)11-15(16)19-17(22)18-13(2)12-21/h7-8,11,13,21H,3-6,9-10,12H2,1-2H3,(H2,18,19,22)/t13-/m0/s1. The van der Waals surface area contributed by atoms with Gasteiger partial charge in [0.15, 0.2) is 0 Å². The zero-order valence-electron chi connectivity index (χ0n) is 15.2. The van der Waals surface area contributed by atoms with Crippen LogP contribution in [-0.2, 0) is 10.0 Å². The molecule has 3 N–H and O–H groups in total. The van der Waals surface area contributed by atoms with Gasteiger partial charge in [-0.1, -0.05) is 6.42 Å². The predicted molar refractivity (Wildman–Crippen MR) is 98.9 cm³/mol. The third kappa shape index (κ3) is 5.09. The molecule has 9 heteroatoms. The summed E-state index contributed by atoms with van der Waals surface area (Å²) in [5.74, 6) is 0.386. The highest BCUT2D eigenvalue weighted by Gasteiger charge is 2.27. The summed E-state index contributed by atoms with van der Waals surface area (Å²) in [5.41, 5.74) is 0.271. The van der Waals surface area contributed by atoms with Crippen LogP contribution < -0.4 is 15.4 Å². The first-order chi connectivity index (χ1) is 12.4. The zero-order chi connectivity index (χ0) is 19.2. The summed E-state index contributed by atoms with van der Waals surface area (Å²) in [5, 5.41) is 14.2. The molecule has 8 nitrogen and oxygen atoms in total. The lowest BCUT2D eigenvalue weighted by Crippen LogP contribution is -2.38. The van der Waals surface area contributed by atoms with Crippen LogP contribution in [0.25, 0.3) is 0 Å². The van der Waals surface area contributed by atoms with Gasteiger partial charge < -0.3 is 20.5 Å². The van der Waals surface area contributed by atoms with Crippen LogP contribution in [0.1, 0.15) is 33.1 Å². The summed E-state index contributed by atoms with van der Waals surface area (Å²) < 4.78 is 32.6. The molecule has 0 aliphatic carbocycles. The van der Waals surface area contributed by atoms with E-state index in [4.69, 9.17) is 9.84 Å². The summed E-state index contributed by atoms with van der Waals surface area (Å²) in [7, 11) is -3.61. The number of hydrogen-bond acceptors (Lipinski definition) is 5. The molecule has 1 aliphatic heterocycles. The molecule has 0 unspecified atom stereocenters. The summed E-state index contributed by atoms with van der Waals surface area (Å²) in [4.78, 5) is 12.2. The molecule has 26 heavy (non-hydrogen) atoms. The lowest BCUT2D eigenvalue weighted by molar-refractivity contribution is 0.229. The number of piperidine rings is 1. The number of benzene rings is 1.